The van der Waals surface area contributed by atoms with Crippen molar-refractivity contribution < 1.29 is 4.63 Å². The first-order valence-electron chi connectivity index (χ1n) is 5.12. The van der Waals surface area contributed by atoms with Crippen LogP contribution in [0.1, 0.15) is 5.69 Å². The minimum Gasteiger partial charge on any atom is -0.242 e. The third-order valence-corrected chi connectivity index (χ3v) is 2.41. The summed E-state index contributed by atoms with van der Waals surface area (Å²) in [4.78, 5) is 0. The van der Waals surface area contributed by atoms with Gasteiger partial charge in [0.15, 0.2) is 0 Å². The summed E-state index contributed by atoms with van der Waals surface area (Å²) < 4.78 is 6.18. The molecule has 0 saturated heterocycles. The molecule has 0 saturated carbocycles. The van der Waals surface area contributed by atoms with E-state index in [4.69, 9.17) is 0 Å². The van der Waals surface area contributed by atoms with Crippen molar-refractivity contribution in [3.63, 3.8) is 0 Å². The molecule has 0 spiro atoms. The average molecular weight is 227 g/mol. The number of aryl methyl sites for hydroxylation is 1. The molecule has 0 aliphatic rings. The summed E-state index contributed by atoms with van der Waals surface area (Å²) in [5.74, 6) is 0.555. The average Bonchev–Trinajstić information content (AvgIpc) is 2.98. The van der Waals surface area contributed by atoms with Crippen LogP contribution in [0.15, 0.2) is 41.2 Å². The van der Waals surface area contributed by atoms with E-state index in [1.807, 2.05) is 30.3 Å². The van der Waals surface area contributed by atoms with Crippen molar-refractivity contribution in [1.29, 1.82) is 0 Å². The Balaban J connectivity index is 2.02. The molecule has 6 nitrogen and oxygen atoms in total. The van der Waals surface area contributed by atoms with Gasteiger partial charge in [0.25, 0.3) is 0 Å². The Morgan fingerprint density at radius 3 is 2.65 bits per heavy atom. The van der Waals surface area contributed by atoms with Crippen molar-refractivity contribution in [2.45, 2.75) is 6.92 Å². The Morgan fingerprint density at radius 1 is 1.12 bits per heavy atom. The highest BCUT2D eigenvalue weighted by Gasteiger charge is 2.10. The van der Waals surface area contributed by atoms with Gasteiger partial charge in [-0.1, -0.05) is 40.7 Å². The van der Waals surface area contributed by atoms with Crippen LogP contribution < -0.4 is 0 Å². The van der Waals surface area contributed by atoms with Crippen LogP contribution in [0, 0.1) is 6.92 Å². The number of rotatable bonds is 2. The Bertz CT molecular complexity index is 628. The maximum Gasteiger partial charge on any atom is 0.222 e. The fourth-order valence-electron chi connectivity index (χ4n) is 1.54. The van der Waals surface area contributed by atoms with E-state index in [2.05, 4.69) is 25.3 Å². The monoisotopic (exact) mass is 227 g/mol. The van der Waals surface area contributed by atoms with Gasteiger partial charge in [-0.2, -0.15) is 4.68 Å². The smallest absolute Gasteiger partial charge is 0.222 e. The molecule has 0 amide bonds. The molecule has 84 valence electrons. The number of hydrogen-bond donors (Lipinski definition) is 0. The quantitative estimate of drug-likeness (QED) is 0.665. The molecule has 3 rings (SSSR count). The van der Waals surface area contributed by atoms with Crippen LogP contribution in [-0.4, -0.2) is 25.3 Å². The SMILES string of the molecule is Cc1nonc1-n1cc(-c2ccccc2)nn1. The lowest BCUT2D eigenvalue weighted by atomic mass is 10.2. The molecule has 17 heavy (non-hydrogen) atoms. The summed E-state index contributed by atoms with van der Waals surface area (Å²) in [6.07, 6.45) is 1.79. The van der Waals surface area contributed by atoms with E-state index in [-0.39, 0.29) is 0 Å². The minimum atomic E-state index is 0.555. The van der Waals surface area contributed by atoms with Crippen LogP contribution in [0.25, 0.3) is 17.1 Å². The van der Waals surface area contributed by atoms with Crippen LogP contribution in [0.5, 0.6) is 0 Å². The predicted molar refractivity (Wildman–Crippen MR) is 59.4 cm³/mol. The highest BCUT2D eigenvalue weighted by atomic mass is 16.6. The zero-order valence-electron chi connectivity index (χ0n) is 9.11. The van der Waals surface area contributed by atoms with Crippen molar-refractivity contribution in [3.05, 3.63) is 42.2 Å². The largest absolute Gasteiger partial charge is 0.242 e. The molecule has 0 aliphatic heterocycles. The van der Waals surface area contributed by atoms with E-state index < -0.39 is 0 Å². The lowest BCUT2D eigenvalue weighted by Crippen LogP contribution is -1.97. The number of aromatic nitrogens is 5. The molecule has 0 fully saturated rings. The summed E-state index contributed by atoms with van der Waals surface area (Å²) >= 11 is 0. The summed E-state index contributed by atoms with van der Waals surface area (Å²) in [6.45, 7) is 1.80. The molecule has 6 heteroatoms. The Morgan fingerprint density at radius 2 is 1.94 bits per heavy atom. The van der Waals surface area contributed by atoms with E-state index in [0.29, 0.717) is 11.5 Å². The van der Waals surface area contributed by atoms with Crippen molar-refractivity contribution in [2.24, 2.45) is 0 Å². The van der Waals surface area contributed by atoms with Gasteiger partial charge in [-0.3, -0.25) is 0 Å². The molecule has 1 aromatic carbocycles. The van der Waals surface area contributed by atoms with Gasteiger partial charge < -0.3 is 0 Å². The number of nitrogens with zero attached hydrogens (tertiary/aromatic N) is 5. The van der Waals surface area contributed by atoms with E-state index in [0.717, 1.165) is 11.3 Å². The summed E-state index contributed by atoms with van der Waals surface area (Å²) in [5.41, 5.74) is 2.47. The lowest BCUT2D eigenvalue weighted by Gasteiger charge is -1.93. The number of hydrogen-bond acceptors (Lipinski definition) is 5. The number of benzene rings is 1. The van der Waals surface area contributed by atoms with Crippen molar-refractivity contribution in [2.75, 3.05) is 0 Å². The molecule has 0 N–H and O–H groups in total. The predicted octanol–water partition coefficient (Wildman–Crippen LogP) is 1.63. The summed E-state index contributed by atoms with van der Waals surface area (Å²) in [5, 5.41) is 15.6. The first kappa shape index (κ1) is 9.71. The topological polar surface area (TPSA) is 69.6 Å². The summed E-state index contributed by atoms with van der Waals surface area (Å²) in [6, 6.07) is 9.82. The molecule has 0 aliphatic carbocycles. The fraction of sp³-hybridized carbons (Fsp3) is 0.0909. The highest BCUT2D eigenvalue weighted by molar-refractivity contribution is 5.57. The molecule has 0 bridgehead atoms. The highest BCUT2D eigenvalue weighted by Crippen LogP contribution is 2.16. The van der Waals surface area contributed by atoms with Crippen molar-refractivity contribution >= 4 is 0 Å². The third kappa shape index (κ3) is 1.69. The van der Waals surface area contributed by atoms with Gasteiger partial charge >= 0.3 is 0 Å². The molecular formula is C11H9N5O. The van der Waals surface area contributed by atoms with E-state index in [1.54, 1.807) is 17.8 Å². The molecule has 0 atom stereocenters. The van der Waals surface area contributed by atoms with Gasteiger partial charge in [0.1, 0.15) is 11.4 Å². The van der Waals surface area contributed by atoms with Gasteiger partial charge in [0.2, 0.25) is 5.82 Å². The molecule has 0 radical (unpaired) electrons. The zero-order valence-corrected chi connectivity index (χ0v) is 9.11. The van der Waals surface area contributed by atoms with Crippen LogP contribution in [0.3, 0.4) is 0 Å². The molecule has 3 aromatic rings. The first-order chi connectivity index (χ1) is 8.34. The second-order valence-electron chi connectivity index (χ2n) is 3.59. The van der Waals surface area contributed by atoms with Crippen molar-refractivity contribution in [3.8, 4) is 17.1 Å². The van der Waals surface area contributed by atoms with Crippen molar-refractivity contribution in [1.82, 2.24) is 25.3 Å². The third-order valence-electron chi connectivity index (χ3n) is 2.41. The van der Waals surface area contributed by atoms with E-state index in [1.165, 1.54) is 0 Å². The maximum absolute atomic E-state index is 4.63. The normalized spacial score (nSPS) is 10.6. The van der Waals surface area contributed by atoms with Gasteiger partial charge in [0, 0.05) is 5.56 Å². The Hall–Kier alpha value is -2.50. The van der Waals surface area contributed by atoms with Crippen LogP contribution in [0.4, 0.5) is 0 Å². The molecule has 0 unspecified atom stereocenters. The standard InChI is InChI=1S/C11H9N5O/c1-8-11(14-17-13-8)16-7-10(12-15-16)9-5-3-2-4-6-9/h2-7H,1H3. The van der Waals surface area contributed by atoms with Gasteiger partial charge in [-0.15, -0.1) is 5.10 Å². The molecule has 2 aromatic heterocycles. The first-order valence-corrected chi connectivity index (χ1v) is 5.12. The molecule has 2 heterocycles. The van der Waals surface area contributed by atoms with Gasteiger partial charge in [0.05, 0.1) is 6.20 Å². The maximum atomic E-state index is 4.63. The lowest BCUT2D eigenvalue weighted by molar-refractivity contribution is 0.303. The molecular weight excluding hydrogens is 218 g/mol. The minimum absolute atomic E-state index is 0.555. The van der Waals surface area contributed by atoms with Crippen LogP contribution >= 0.6 is 0 Å². The summed E-state index contributed by atoms with van der Waals surface area (Å²) in [7, 11) is 0. The zero-order chi connectivity index (χ0) is 11.7. The Kier molecular flexibility index (Phi) is 2.18. The van der Waals surface area contributed by atoms with Crippen LogP contribution in [-0.2, 0) is 0 Å². The second-order valence-corrected chi connectivity index (χ2v) is 3.59. The van der Waals surface area contributed by atoms with E-state index >= 15 is 0 Å². The van der Waals surface area contributed by atoms with Gasteiger partial charge in [-0.05, 0) is 12.1 Å². The Labute approximate surface area is 96.8 Å². The second kappa shape index (κ2) is 3.82. The van der Waals surface area contributed by atoms with E-state index in [9.17, 15) is 0 Å². The fourth-order valence-corrected chi connectivity index (χ4v) is 1.54. The van der Waals surface area contributed by atoms with Gasteiger partial charge in [-0.25, -0.2) is 4.63 Å². The van der Waals surface area contributed by atoms with Crippen LogP contribution in [0.2, 0.25) is 0 Å².